The van der Waals surface area contributed by atoms with Crippen molar-refractivity contribution >= 4 is 5.97 Å². The van der Waals surface area contributed by atoms with E-state index in [2.05, 4.69) is 0 Å². The van der Waals surface area contributed by atoms with Crippen LogP contribution >= 0.6 is 0 Å². The van der Waals surface area contributed by atoms with Crippen molar-refractivity contribution in [3.05, 3.63) is 65.7 Å². The number of benzene rings is 2. The predicted molar refractivity (Wildman–Crippen MR) is 68.6 cm³/mol. The summed E-state index contributed by atoms with van der Waals surface area (Å²) in [6.45, 7) is 0. The Kier molecular flexibility index (Phi) is 3.63. The average molecular weight is 242 g/mol. The van der Waals surface area contributed by atoms with Crippen LogP contribution in [0.2, 0.25) is 0 Å². The van der Waals surface area contributed by atoms with Crippen molar-refractivity contribution in [2.24, 2.45) is 0 Å². The van der Waals surface area contributed by atoms with Crippen LogP contribution in [0.15, 0.2) is 54.6 Å². The van der Waals surface area contributed by atoms with E-state index in [-0.39, 0.29) is 18.1 Å². The number of phenolic OH excluding ortho intramolecular Hbond substituents is 1. The highest BCUT2D eigenvalue weighted by Crippen LogP contribution is 2.33. The topological polar surface area (TPSA) is 57.5 Å². The number of aliphatic carboxylic acids is 1. The fourth-order valence-corrected chi connectivity index (χ4v) is 2.05. The van der Waals surface area contributed by atoms with Crippen LogP contribution in [0, 0.1) is 0 Å². The summed E-state index contributed by atoms with van der Waals surface area (Å²) < 4.78 is 0. The number of rotatable bonds is 4. The number of para-hydroxylation sites is 1. The Bertz CT molecular complexity index is 534. The second kappa shape index (κ2) is 5.36. The van der Waals surface area contributed by atoms with Gasteiger partial charge in [-0.15, -0.1) is 0 Å². The summed E-state index contributed by atoms with van der Waals surface area (Å²) in [5, 5.41) is 18.9. The minimum Gasteiger partial charge on any atom is -0.508 e. The molecule has 0 heterocycles. The van der Waals surface area contributed by atoms with Crippen molar-refractivity contribution in [2.75, 3.05) is 0 Å². The SMILES string of the molecule is O=C(O)CC(c1ccccc1)c1ccccc1O. The molecule has 0 aromatic heterocycles. The van der Waals surface area contributed by atoms with E-state index in [0.717, 1.165) is 5.56 Å². The van der Waals surface area contributed by atoms with Crippen molar-refractivity contribution in [2.45, 2.75) is 12.3 Å². The van der Waals surface area contributed by atoms with Crippen molar-refractivity contribution in [3.63, 3.8) is 0 Å². The lowest BCUT2D eigenvalue weighted by Gasteiger charge is -2.17. The first-order valence-electron chi connectivity index (χ1n) is 5.73. The van der Waals surface area contributed by atoms with Crippen LogP contribution < -0.4 is 0 Å². The number of carbonyl (C=O) groups is 1. The standard InChI is InChI=1S/C15H14O3/c16-14-9-5-4-8-12(14)13(10-15(17)18)11-6-2-1-3-7-11/h1-9,13,16H,10H2,(H,17,18). The Labute approximate surface area is 105 Å². The second-order valence-corrected chi connectivity index (χ2v) is 4.12. The van der Waals surface area contributed by atoms with Crippen LogP contribution in [-0.2, 0) is 4.79 Å². The first-order chi connectivity index (χ1) is 8.68. The summed E-state index contributed by atoms with van der Waals surface area (Å²) in [5.74, 6) is -1.08. The lowest BCUT2D eigenvalue weighted by atomic mass is 9.88. The molecule has 3 nitrogen and oxygen atoms in total. The zero-order valence-electron chi connectivity index (χ0n) is 9.78. The van der Waals surface area contributed by atoms with Gasteiger partial charge >= 0.3 is 5.97 Å². The lowest BCUT2D eigenvalue weighted by molar-refractivity contribution is -0.137. The Morgan fingerprint density at radius 2 is 1.61 bits per heavy atom. The van der Waals surface area contributed by atoms with Gasteiger partial charge in [0.1, 0.15) is 5.75 Å². The number of carboxylic acids is 1. The molecular formula is C15H14O3. The number of phenols is 1. The van der Waals surface area contributed by atoms with Gasteiger partial charge in [0.15, 0.2) is 0 Å². The van der Waals surface area contributed by atoms with E-state index in [0.29, 0.717) is 5.56 Å². The predicted octanol–water partition coefficient (Wildman–Crippen LogP) is 3.00. The quantitative estimate of drug-likeness (QED) is 0.866. The number of aromatic hydroxyl groups is 1. The maximum Gasteiger partial charge on any atom is 0.304 e. The molecule has 0 spiro atoms. The molecule has 0 fully saturated rings. The van der Waals surface area contributed by atoms with Crippen molar-refractivity contribution in [1.29, 1.82) is 0 Å². The van der Waals surface area contributed by atoms with Gasteiger partial charge < -0.3 is 10.2 Å². The van der Waals surface area contributed by atoms with Gasteiger partial charge in [-0.1, -0.05) is 48.5 Å². The van der Waals surface area contributed by atoms with Crippen LogP contribution in [0.1, 0.15) is 23.5 Å². The maximum absolute atomic E-state index is 11.0. The van der Waals surface area contributed by atoms with E-state index in [1.54, 1.807) is 24.3 Å². The highest BCUT2D eigenvalue weighted by atomic mass is 16.4. The van der Waals surface area contributed by atoms with Gasteiger partial charge in [-0.3, -0.25) is 4.79 Å². The van der Waals surface area contributed by atoms with Gasteiger partial charge in [0, 0.05) is 11.5 Å². The molecule has 2 aromatic rings. The molecule has 3 heteroatoms. The summed E-state index contributed by atoms with van der Waals surface area (Å²) in [5.41, 5.74) is 1.53. The molecule has 92 valence electrons. The smallest absolute Gasteiger partial charge is 0.304 e. The van der Waals surface area contributed by atoms with Crippen LogP contribution in [0.3, 0.4) is 0 Å². The van der Waals surface area contributed by atoms with E-state index < -0.39 is 5.97 Å². The van der Waals surface area contributed by atoms with Crippen LogP contribution in [0.5, 0.6) is 5.75 Å². The zero-order chi connectivity index (χ0) is 13.0. The summed E-state index contributed by atoms with van der Waals surface area (Å²) >= 11 is 0. The first-order valence-corrected chi connectivity index (χ1v) is 5.73. The van der Waals surface area contributed by atoms with Crippen LogP contribution in [0.25, 0.3) is 0 Å². The molecule has 0 amide bonds. The fourth-order valence-electron chi connectivity index (χ4n) is 2.05. The van der Waals surface area contributed by atoms with E-state index in [4.69, 9.17) is 5.11 Å². The molecule has 18 heavy (non-hydrogen) atoms. The number of carboxylic acid groups (broad SMARTS) is 1. The van der Waals surface area contributed by atoms with Gasteiger partial charge in [0.05, 0.1) is 6.42 Å². The van der Waals surface area contributed by atoms with Gasteiger partial charge in [-0.25, -0.2) is 0 Å². The summed E-state index contributed by atoms with van der Waals surface area (Å²) in [6, 6.07) is 16.2. The maximum atomic E-state index is 11.0. The number of hydrogen-bond donors (Lipinski definition) is 2. The van der Waals surface area contributed by atoms with Gasteiger partial charge in [0.2, 0.25) is 0 Å². The Hall–Kier alpha value is -2.29. The normalized spacial score (nSPS) is 12.0. The molecule has 0 saturated carbocycles. The molecule has 0 radical (unpaired) electrons. The van der Waals surface area contributed by atoms with E-state index >= 15 is 0 Å². The van der Waals surface area contributed by atoms with Crippen LogP contribution in [-0.4, -0.2) is 16.2 Å². The van der Waals surface area contributed by atoms with Crippen LogP contribution in [0.4, 0.5) is 0 Å². The molecule has 2 aromatic carbocycles. The highest BCUT2D eigenvalue weighted by Gasteiger charge is 2.20. The molecule has 2 rings (SSSR count). The Balaban J connectivity index is 2.44. The molecule has 0 aliphatic rings. The average Bonchev–Trinajstić information content (AvgIpc) is 2.38. The van der Waals surface area contributed by atoms with E-state index in [9.17, 15) is 9.90 Å². The van der Waals surface area contributed by atoms with E-state index in [1.165, 1.54) is 0 Å². The molecule has 2 N–H and O–H groups in total. The van der Waals surface area contributed by atoms with Gasteiger partial charge in [-0.2, -0.15) is 0 Å². The third kappa shape index (κ3) is 2.69. The molecule has 0 saturated heterocycles. The molecule has 0 aliphatic carbocycles. The summed E-state index contributed by atoms with van der Waals surface area (Å²) in [7, 11) is 0. The lowest BCUT2D eigenvalue weighted by Crippen LogP contribution is -2.08. The molecular weight excluding hydrogens is 228 g/mol. The van der Waals surface area contributed by atoms with Gasteiger partial charge in [0.25, 0.3) is 0 Å². The van der Waals surface area contributed by atoms with Crippen molar-refractivity contribution < 1.29 is 15.0 Å². The minimum atomic E-state index is -0.882. The molecule has 0 bridgehead atoms. The zero-order valence-corrected chi connectivity index (χ0v) is 9.78. The van der Waals surface area contributed by atoms with Crippen molar-refractivity contribution in [1.82, 2.24) is 0 Å². The fraction of sp³-hybridized carbons (Fsp3) is 0.133. The monoisotopic (exact) mass is 242 g/mol. The summed E-state index contributed by atoms with van der Waals surface area (Å²) in [6.07, 6.45) is -0.0401. The second-order valence-electron chi connectivity index (χ2n) is 4.12. The molecule has 1 atom stereocenters. The summed E-state index contributed by atoms with van der Waals surface area (Å²) in [4.78, 5) is 11.0. The van der Waals surface area contributed by atoms with Gasteiger partial charge in [-0.05, 0) is 11.6 Å². The molecule has 1 unspecified atom stereocenters. The Morgan fingerprint density at radius 3 is 2.22 bits per heavy atom. The Morgan fingerprint density at radius 1 is 1.00 bits per heavy atom. The largest absolute Gasteiger partial charge is 0.508 e. The van der Waals surface area contributed by atoms with Crippen molar-refractivity contribution in [3.8, 4) is 5.75 Å². The first kappa shape index (κ1) is 12.2. The third-order valence-electron chi connectivity index (χ3n) is 2.89. The molecule has 0 aliphatic heterocycles. The van der Waals surface area contributed by atoms with E-state index in [1.807, 2.05) is 30.3 Å². The number of hydrogen-bond acceptors (Lipinski definition) is 2. The third-order valence-corrected chi connectivity index (χ3v) is 2.89. The highest BCUT2D eigenvalue weighted by molar-refractivity contribution is 5.69. The minimum absolute atomic E-state index is 0.0401.